The number of carboxylic acids is 1. The maximum Gasteiger partial charge on any atom is 0.322 e. The zero-order chi connectivity index (χ0) is 13.7. The van der Waals surface area contributed by atoms with Gasteiger partial charge in [-0.2, -0.15) is 0 Å². The molecule has 1 amide bonds. The van der Waals surface area contributed by atoms with Crippen LogP contribution < -0.4 is 5.32 Å². The third kappa shape index (κ3) is 4.10. The number of nitrogens with one attached hydrogen (secondary N) is 1. The second kappa shape index (κ2) is 6.38. The summed E-state index contributed by atoms with van der Waals surface area (Å²) in [5.74, 6) is -0.670. The molecule has 0 spiro atoms. The van der Waals surface area contributed by atoms with E-state index >= 15 is 0 Å². The summed E-state index contributed by atoms with van der Waals surface area (Å²) in [6, 6.07) is 3.35. The van der Waals surface area contributed by atoms with Crippen molar-refractivity contribution in [2.75, 3.05) is 19.6 Å². The third-order valence-electron chi connectivity index (χ3n) is 3.11. The normalized spacial score (nSPS) is 16.2. The van der Waals surface area contributed by atoms with E-state index in [-0.39, 0.29) is 5.76 Å². The first-order chi connectivity index (χ1) is 9.15. The summed E-state index contributed by atoms with van der Waals surface area (Å²) in [5, 5.41) is 10.7. The predicted octanol–water partition coefficient (Wildman–Crippen LogP) is 1.08. The lowest BCUT2D eigenvalue weighted by atomic mass is 10.1. The standard InChI is InChI=1S/C13H18N2O4/c16-12(17)8-14-13(18)11-5-4-10(19-11)9-15-6-2-1-3-7-15/h4-5H,1-3,6-9H2,(H,14,18)(H,16,17). The first kappa shape index (κ1) is 13.6. The Bertz CT molecular complexity index is 449. The highest BCUT2D eigenvalue weighted by Gasteiger charge is 2.15. The number of likely N-dealkylation sites (tertiary alicyclic amines) is 1. The molecule has 6 heteroatoms. The lowest BCUT2D eigenvalue weighted by molar-refractivity contribution is -0.135. The van der Waals surface area contributed by atoms with E-state index in [0.29, 0.717) is 6.54 Å². The maximum atomic E-state index is 11.6. The average molecular weight is 266 g/mol. The number of carbonyl (C=O) groups is 2. The lowest BCUT2D eigenvalue weighted by Gasteiger charge is -2.25. The molecule has 1 aromatic heterocycles. The molecule has 19 heavy (non-hydrogen) atoms. The van der Waals surface area contributed by atoms with Crippen LogP contribution in [0, 0.1) is 0 Å². The van der Waals surface area contributed by atoms with Gasteiger partial charge in [0.2, 0.25) is 0 Å². The van der Waals surface area contributed by atoms with Crippen molar-refractivity contribution in [3.63, 3.8) is 0 Å². The monoisotopic (exact) mass is 266 g/mol. The third-order valence-corrected chi connectivity index (χ3v) is 3.11. The Hall–Kier alpha value is -1.82. The van der Waals surface area contributed by atoms with Crippen molar-refractivity contribution in [2.45, 2.75) is 25.8 Å². The van der Waals surface area contributed by atoms with Gasteiger partial charge in [0.15, 0.2) is 5.76 Å². The van der Waals surface area contributed by atoms with E-state index in [4.69, 9.17) is 9.52 Å². The van der Waals surface area contributed by atoms with Gasteiger partial charge in [-0.15, -0.1) is 0 Å². The minimum absolute atomic E-state index is 0.160. The van der Waals surface area contributed by atoms with Crippen LogP contribution in [0.2, 0.25) is 0 Å². The fourth-order valence-corrected chi connectivity index (χ4v) is 2.17. The highest BCUT2D eigenvalue weighted by Crippen LogP contribution is 2.15. The van der Waals surface area contributed by atoms with Crippen LogP contribution in [0.1, 0.15) is 35.6 Å². The van der Waals surface area contributed by atoms with Gasteiger partial charge in [-0.3, -0.25) is 14.5 Å². The summed E-state index contributed by atoms with van der Waals surface area (Å²) >= 11 is 0. The number of hydrogen-bond donors (Lipinski definition) is 2. The van der Waals surface area contributed by atoms with Gasteiger partial charge in [0.25, 0.3) is 5.91 Å². The Morgan fingerprint density at radius 2 is 2.00 bits per heavy atom. The maximum absolute atomic E-state index is 11.6. The average Bonchev–Trinajstić information content (AvgIpc) is 2.85. The second-order valence-corrected chi connectivity index (χ2v) is 4.68. The molecule has 0 atom stereocenters. The molecule has 0 saturated carbocycles. The Labute approximate surface area is 111 Å². The van der Waals surface area contributed by atoms with Gasteiger partial charge < -0.3 is 14.8 Å². The molecule has 0 radical (unpaired) electrons. The van der Waals surface area contributed by atoms with Crippen molar-refractivity contribution >= 4 is 11.9 Å². The molecule has 0 aliphatic carbocycles. The number of hydrogen-bond acceptors (Lipinski definition) is 4. The zero-order valence-electron chi connectivity index (χ0n) is 10.7. The molecule has 0 unspecified atom stereocenters. The minimum Gasteiger partial charge on any atom is -0.480 e. The Morgan fingerprint density at radius 3 is 2.68 bits per heavy atom. The summed E-state index contributed by atoms with van der Waals surface area (Å²) in [5.41, 5.74) is 0. The van der Waals surface area contributed by atoms with Crippen LogP contribution in [0.15, 0.2) is 16.5 Å². The van der Waals surface area contributed by atoms with Crippen LogP contribution in [0.4, 0.5) is 0 Å². The van der Waals surface area contributed by atoms with Crippen molar-refractivity contribution < 1.29 is 19.1 Å². The van der Waals surface area contributed by atoms with Crippen LogP contribution in [0.25, 0.3) is 0 Å². The van der Waals surface area contributed by atoms with Crippen LogP contribution in [0.5, 0.6) is 0 Å². The minimum atomic E-state index is -1.08. The number of nitrogens with zero attached hydrogens (tertiary/aromatic N) is 1. The van der Waals surface area contributed by atoms with E-state index < -0.39 is 18.4 Å². The van der Waals surface area contributed by atoms with Gasteiger partial charge in [0.05, 0.1) is 6.54 Å². The lowest BCUT2D eigenvalue weighted by Crippen LogP contribution is -2.29. The van der Waals surface area contributed by atoms with Gasteiger partial charge >= 0.3 is 5.97 Å². The van der Waals surface area contributed by atoms with Gasteiger partial charge in [-0.05, 0) is 38.1 Å². The van der Waals surface area contributed by atoms with Crippen molar-refractivity contribution in [3.05, 3.63) is 23.7 Å². The van der Waals surface area contributed by atoms with Crippen molar-refractivity contribution in [1.29, 1.82) is 0 Å². The SMILES string of the molecule is O=C(O)CNC(=O)c1ccc(CN2CCCCC2)o1. The zero-order valence-corrected chi connectivity index (χ0v) is 10.7. The largest absolute Gasteiger partial charge is 0.480 e. The number of carbonyl (C=O) groups excluding carboxylic acids is 1. The molecule has 0 aromatic carbocycles. The number of piperidine rings is 1. The molecule has 2 heterocycles. The molecule has 2 N–H and O–H groups in total. The molecule has 104 valence electrons. The van der Waals surface area contributed by atoms with Crippen molar-refractivity contribution in [1.82, 2.24) is 10.2 Å². The summed E-state index contributed by atoms with van der Waals surface area (Å²) < 4.78 is 5.43. The quantitative estimate of drug-likeness (QED) is 0.833. The number of furan rings is 1. The molecular weight excluding hydrogens is 248 g/mol. The molecule has 1 fully saturated rings. The second-order valence-electron chi connectivity index (χ2n) is 4.68. The summed E-state index contributed by atoms with van der Waals surface area (Å²) in [4.78, 5) is 24.2. The van der Waals surface area contributed by atoms with Crippen molar-refractivity contribution in [3.8, 4) is 0 Å². The van der Waals surface area contributed by atoms with Gasteiger partial charge in [0, 0.05) is 0 Å². The summed E-state index contributed by atoms with van der Waals surface area (Å²) in [7, 11) is 0. The smallest absolute Gasteiger partial charge is 0.322 e. The Morgan fingerprint density at radius 1 is 1.26 bits per heavy atom. The van der Waals surface area contributed by atoms with E-state index in [1.54, 1.807) is 12.1 Å². The summed E-state index contributed by atoms with van der Waals surface area (Å²) in [6.45, 7) is 2.41. The topological polar surface area (TPSA) is 82.8 Å². The Balaban J connectivity index is 1.87. The van der Waals surface area contributed by atoms with E-state index in [1.165, 1.54) is 19.3 Å². The van der Waals surface area contributed by atoms with E-state index in [0.717, 1.165) is 18.8 Å². The molecule has 1 aliphatic rings. The molecule has 1 saturated heterocycles. The molecular formula is C13H18N2O4. The Kier molecular flexibility index (Phi) is 4.57. The van der Waals surface area contributed by atoms with Crippen LogP contribution in [0.3, 0.4) is 0 Å². The first-order valence-corrected chi connectivity index (χ1v) is 6.46. The number of carboxylic acid groups (broad SMARTS) is 1. The van der Waals surface area contributed by atoms with Crippen molar-refractivity contribution in [2.24, 2.45) is 0 Å². The van der Waals surface area contributed by atoms with Crippen LogP contribution in [-0.2, 0) is 11.3 Å². The highest BCUT2D eigenvalue weighted by atomic mass is 16.4. The van der Waals surface area contributed by atoms with E-state index in [1.807, 2.05) is 0 Å². The molecule has 1 aliphatic heterocycles. The van der Waals surface area contributed by atoms with Crippen LogP contribution in [-0.4, -0.2) is 41.5 Å². The first-order valence-electron chi connectivity index (χ1n) is 6.46. The van der Waals surface area contributed by atoms with Gasteiger partial charge in [-0.25, -0.2) is 0 Å². The predicted molar refractivity (Wildman–Crippen MR) is 67.8 cm³/mol. The molecule has 1 aromatic rings. The molecule has 2 rings (SSSR count). The fourth-order valence-electron chi connectivity index (χ4n) is 2.17. The van der Waals surface area contributed by atoms with E-state index in [9.17, 15) is 9.59 Å². The number of aliphatic carboxylic acids is 1. The molecule has 0 bridgehead atoms. The molecule has 6 nitrogen and oxygen atoms in total. The van der Waals surface area contributed by atoms with E-state index in [2.05, 4.69) is 10.2 Å². The van der Waals surface area contributed by atoms with Gasteiger partial charge in [0.1, 0.15) is 12.3 Å². The van der Waals surface area contributed by atoms with Crippen LogP contribution >= 0.6 is 0 Å². The fraction of sp³-hybridized carbons (Fsp3) is 0.538. The summed E-state index contributed by atoms with van der Waals surface area (Å²) in [6.07, 6.45) is 3.68. The number of rotatable bonds is 5. The van der Waals surface area contributed by atoms with Gasteiger partial charge in [-0.1, -0.05) is 6.42 Å². The highest BCUT2D eigenvalue weighted by molar-refractivity contribution is 5.93. The number of amides is 1.